The molecule has 0 radical (unpaired) electrons. The van der Waals surface area contributed by atoms with Crippen LogP contribution in [0.15, 0.2) is 35.3 Å². The Hall–Kier alpha value is -1.56. The van der Waals surface area contributed by atoms with Gasteiger partial charge in [-0.1, -0.05) is 41.4 Å². The number of aromatic nitrogens is 2. The molecule has 3 rings (SSSR count). The molecule has 1 aliphatic heterocycles. The molecule has 0 amide bonds. The van der Waals surface area contributed by atoms with Gasteiger partial charge in [0, 0.05) is 23.7 Å². The van der Waals surface area contributed by atoms with Gasteiger partial charge in [0.2, 0.25) is 0 Å². The third-order valence-electron chi connectivity index (χ3n) is 3.44. The maximum Gasteiger partial charge on any atom is 0.285 e. The van der Waals surface area contributed by atoms with Crippen LogP contribution in [0.2, 0.25) is 10.0 Å². The molecule has 0 bridgehead atoms. The average molecular weight is 326 g/mol. The predicted molar refractivity (Wildman–Crippen MR) is 82.2 cm³/mol. The third kappa shape index (κ3) is 2.90. The van der Waals surface area contributed by atoms with Gasteiger partial charge in [0.1, 0.15) is 11.1 Å². The number of rotatable bonds is 2. The quantitative estimate of drug-likeness (QED) is 0.922. The molecule has 0 saturated carbocycles. The summed E-state index contributed by atoms with van der Waals surface area (Å²) >= 11 is 12.3. The number of hydrogen-bond donors (Lipinski definition) is 1. The van der Waals surface area contributed by atoms with Gasteiger partial charge < -0.3 is 9.64 Å². The first kappa shape index (κ1) is 14.4. The van der Waals surface area contributed by atoms with Crippen LogP contribution in [-0.4, -0.2) is 29.9 Å². The summed E-state index contributed by atoms with van der Waals surface area (Å²) < 4.78 is 5.79. The number of halogens is 2. The first-order valence-electron chi connectivity index (χ1n) is 6.51. The molecule has 1 aromatic heterocycles. The number of aromatic amines is 1. The van der Waals surface area contributed by atoms with E-state index in [1.165, 1.54) is 0 Å². The van der Waals surface area contributed by atoms with Crippen LogP contribution in [0.5, 0.6) is 0 Å². The Labute approximate surface area is 131 Å². The van der Waals surface area contributed by atoms with Crippen LogP contribution >= 0.6 is 23.2 Å². The fraction of sp³-hybridized carbons (Fsp3) is 0.286. The fourth-order valence-electron chi connectivity index (χ4n) is 2.39. The van der Waals surface area contributed by atoms with Crippen LogP contribution in [0.3, 0.4) is 0 Å². The summed E-state index contributed by atoms with van der Waals surface area (Å²) in [5.41, 5.74) is 1.15. The Morgan fingerprint density at radius 2 is 2.14 bits per heavy atom. The molecule has 0 aliphatic carbocycles. The van der Waals surface area contributed by atoms with E-state index < -0.39 is 5.56 Å². The Balaban J connectivity index is 1.88. The zero-order valence-electron chi connectivity index (χ0n) is 11.1. The molecule has 1 aromatic carbocycles. The van der Waals surface area contributed by atoms with Crippen molar-refractivity contribution < 1.29 is 4.74 Å². The first-order valence-corrected chi connectivity index (χ1v) is 7.26. The van der Waals surface area contributed by atoms with Gasteiger partial charge in [-0.3, -0.25) is 4.79 Å². The van der Waals surface area contributed by atoms with E-state index in [1.807, 2.05) is 29.2 Å². The minimum atomic E-state index is -0.394. The van der Waals surface area contributed by atoms with Gasteiger partial charge in [-0.2, -0.15) is 5.10 Å². The maximum atomic E-state index is 11.6. The molecule has 110 valence electrons. The highest BCUT2D eigenvalue weighted by atomic mass is 35.5. The monoisotopic (exact) mass is 325 g/mol. The lowest BCUT2D eigenvalue weighted by atomic mass is 10.1. The first-order chi connectivity index (χ1) is 10.2. The second-order valence-corrected chi connectivity index (χ2v) is 5.51. The van der Waals surface area contributed by atoms with E-state index in [0.717, 1.165) is 5.56 Å². The topological polar surface area (TPSA) is 58.2 Å². The molecule has 2 heterocycles. The summed E-state index contributed by atoms with van der Waals surface area (Å²) in [6.45, 7) is 1.74. The lowest BCUT2D eigenvalue weighted by Gasteiger charge is -2.35. The second kappa shape index (κ2) is 6.05. The van der Waals surface area contributed by atoms with Crippen molar-refractivity contribution in [1.29, 1.82) is 0 Å². The molecule has 1 atom stereocenters. The highest BCUT2D eigenvalue weighted by molar-refractivity contribution is 6.33. The van der Waals surface area contributed by atoms with Crippen LogP contribution in [0.25, 0.3) is 0 Å². The van der Waals surface area contributed by atoms with E-state index in [9.17, 15) is 4.79 Å². The summed E-state index contributed by atoms with van der Waals surface area (Å²) in [7, 11) is 0. The number of hydrogen-bond acceptors (Lipinski definition) is 4. The average Bonchev–Trinajstić information content (AvgIpc) is 2.51. The van der Waals surface area contributed by atoms with E-state index in [4.69, 9.17) is 27.9 Å². The SMILES string of the molecule is O=c1[nH]ncc(N2CCOC(c3ccccc3Cl)C2)c1Cl. The molecule has 1 saturated heterocycles. The normalized spacial score (nSPS) is 18.8. The summed E-state index contributed by atoms with van der Waals surface area (Å²) in [5, 5.41) is 6.93. The predicted octanol–water partition coefficient (Wildman–Crippen LogP) is 2.65. The van der Waals surface area contributed by atoms with Crippen molar-refractivity contribution in [1.82, 2.24) is 10.2 Å². The highest BCUT2D eigenvalue weighted by Gasteiger charge is 2.25. The maximum absolute atomic E-state index is 11.6. The van der Waals surface area contributed by atoms with Crippen LogP contribution in [0.4, 0.5) is 5.69 Å². The Morgan fingerprint density at radius 1 is 1.33 bits per heavy atom. The fourth-order valence-corrected chi connectivity index (χ4v) is 2.86. The summed E-state index contributed by atoms with van der Waals surface area (Å²) in [4.78, 5) is 13.5. The molecule has 1 N–H and O–H groups in total. The van der Waals surface area contributed by atoms with E-state index in [0.29, 0.717) is 30.4 Å². The van der Waals surface area contributed by atoms with E-state index in [2.05, 4.69) is 10.2 Å². The molecule has 1 unspecified atom stereocenters. The minimum absolute atomic E-state index is 0.143. The summed E-state index contributed by atoms with van der Waals surface area (Å²) in [5.74, 6) is 0. The van der Waals surface area contributed by atoms with Gasteiger partial charge >= 0.3 is 0 Å². The van der Waals surface area contributed by atoms with E-state index in [1.54, 1.807) is 6.20 Å². The Bertz CT molecular complexity index is 705. The van der Waals surface area contributed by atoms with Gasteiger partial charge in [-0.15, -0.1) is 0 Å². The van der Waals surface area contributed by atoms with Crippen molar-refractivity contribution in [3.63, 3.8) is 0 Å². The number of nitrogens with zero attached hydrogens (tertiary/aromatic N) is 2. The molecular weight excluding hydrogens is 313 g/mol. The van der Waals surface area contributed by atoms with Gasteiger partial charge in [0.15, 0.2) is 0 Å². The van der Waals surface area contributed by atoms with Crippen molar-refractivity contribution in [2.45, 2.75) is 6.10 Å². The zero-order valence-corrected chi connectivity index (χ0v) is 12.6. The zero-order chi connectivity index (χ0) is 14.8. The van der Waals surface area contributed by atoms with Crippen LogP contribution in [0, 0.1) is 0 Å². The van der Waals surface area contributed by atoms with Crippen LogP contribution < -0.4 is 10.5 Å². The van der Waals surface area contributed by atoms with Gasteiger partial charge in [-0.25, -0.2) is 5.10 Å². The minimum Gasteiger partial charge on any atom is -0.370 e. The molecule has 2 aromatic rings. The molecule has 7 heteroatoms. The smallest absolute Gasteiger partial charge is 0.285 e. The number of benzene rings is 1. The number of nitrogens with one attached hydrogen (secondary N) is 1. The van der Waals surface area contributed by atoms with Crippen LogP contribution in [-0.2, 0) is 4.74 Å². The second-order valence-electron chi connectivity index (χ2n) is 4.73. The molecule has 0 spiro atoms. The van der Waals surface area contributed by atoms with Crippen molar-refractivity contribution in [2.75, 3.05) is 24.6 Å². The molecule has 21 heavy (non-hydrogen) atoms. The van der Waals surface area contributed by atoms with Crippen molar-refractivity contribution in [3.05, 3.63) is 56.4 Å². The standard InChI is InChI=1S/C14H13Cl2N3O2/c15-10-4-2-1-3-9(10)12-8-19(5-6-21-12)11-7-17-18-14(20)13(11)16/h1-4,7,12H,5-6,8H2,(H,18,20). The molecular formula is C14H13Cl2N3O2. The lowest BCUT2D eigenvalue weighted by molar-refractivity contribution is 0.0398. The highest BCUT2D eigenvalue weighted by Crippen LogP contribution is 2.31. The van der Waals surface area contributed by atoms with Crippen molar-refractivity contribution in [2.24, 2.45) is 0 Å². The van der Waals surface area contributed by atoms with Crippen LogP contribution in [0.1, 0.15) is 11.7 Å². The number of H-pyrrole nitrogens is 1. The van der Waals surface area contributed by atoms with Gasteiger partial charge in [0.25, 0.3) is 5.56 Å². The van der Waals surface area contributed by atoms with Crippen molar-refractivity contribution >= 4 is 28.9 Å². The largest absolute Gasteiger partial charge is 0.370 e. The van der Waals surface area contributed by atoms with Gasteiger partial charge in [0.05, 0.1) is 18.5 Å². The Morgan fingerprint density at radius 3 is 2.95 bits per heavy atom. The third-order valence-corrected chi connectivity index (χ3v) is 4.15. The number of anilines is 1. The summed E-state index contributed by atoms with van der Waals surface area (Å²) in [6.07, 6.45) is 1.39. The van der Waals surface area contributed by atoms with Crippen molar-refractivity contribution in [3.8, 4) is 0 Å². The van der Waals surface area contributed by atoms with Gasteiger partial charge in [-0.05, 0) is 6.07 Å². The lowest BCUT2D eigenvalue weighted by Crippen LogP contribution is -2.39. The van der Waals surface area contributed by atoms with E-state index in [-0.39, 0.29) is 11.1 Å². The van der Waals surface area contributed by atoms with E-state index >= 15 is 0 Å². The summed E-state index contributed by atoms with van der Waals surface area (Å²) in [6, 6.07) is 7.57. The molecule has 1 aliphatic rings. The molecule has 1 fully saturated rings. The molecule has 5 nitrogen and oxygen atoms in total. The number of morpholine rings is 1. The number of ether oxygens (including phenoxy) is 1. The Kier molecular flexibility index (Phi) is 4.14.